The van der Waals surface area contributed by atoms with E-state index in [4.69, 9.17) is 32.9 Å². The van der Waals surface area contributed by atoms with E-state index in [2.05, 4.69) is 50.1 Å². The molecule has 9 nitrogen and oxygen atoms in total. The van der Waals surface area contributed by atoms with Gasteiger partial charge in [-0.15, -0.1) is 0 Å². The largest absolute Gasteiger partial charge is 0.370 e. The molecule has 6 rings (SSSR count). The number of halogens is 2. The van der Waals surface area contributed by atoms with Crippen LogP contribution in [0, 0.1) is 5.92 Å². The Morgan fingerprint density at radius 2 is 1.85 bits per heavy atom. The van der Waals surface area contributed by atoms with Gasteiger partial charge in [0.2, 0.25) is 5.91 Å². The van der Waals surface area contributed by atoms with Gasteiger partial charge in [-0.3, -0.25) is 20.1 Å². The van der Waals surface area contributed by atoms with Crippen molar-refractivity contribution in [1.29, 1.82) is 0 Å². The van der Waals surface area contributed by atoms with E-state index >= 15 is 0 Å². The number of hydrogen-bond donors (Lipinski definition) is 3. The second-order valence-electron chi connectivity index (χ2n) is 11.4. The van der Waals surface area contributed by atoms with E-state index in [9.17, 15) is 4.79 Å². The van der Waals surface area contributed by atoms with Crippen LogP contribution < -0.4 is 21.1 Å². The van der Waals surface area contributed by atoms with Crippen LogP contribution in [0.1, 0.15) is 62.3 Å². The molecule has 4 aliphatic rings. The zero-order valence-corrected chi connectivity index (χ0v) is 24.0. The van der Waals surface area contributed by atoms with Crippen molar-refractivity contribution < 1.29 is 9.53 Å². The Bertz CT molecular complexity index is 1170. The fourth-order valence-electron chi connectivity index (χ4n) is 7.01. The summed E-state index contributed by atoms with van der Waals surface area (Å²) in [5.74, 6) is 1.53. The molecule has 2 aromatic rings. The summed E-state index contributed by atoms with van der Waals surface area (Å²) >= 11 is 12.8. The number of carbonyl (C=O) groups excluding carboxylic acids is 1. The second-order valence-corrected chi connectivity index (χ2v) is 12.2. The molecule has 1 amide bonds. The van der Waals surface area contributed by atoms with Gasteiger partial charge in [-0.05, 0) is 63.6 Å². The number of pyridine rings is 2. The molecule has 0 aromatic carbocycles. The highest BCUT2D eigenvalue weighted by Crippen LogP contribution is 2.41. The molecule has 1 aliphatic carbocycles. The number of nitrogens with zero attached hydrogens (tertiary/aromatic N) is 4. The number of ether oxygens (including phenoxy) is 1. The first kappa shape index (κ1) is 27.2. The standard InChI is InChI=1S/C28H37Cl2N7O2/c1-17(25-21(29)15-31-16-22(25)30)39-19-4-5-23-20(13-19)26(35-34-23)18-3-6-24(33-14-18)37-10-7-28(8-11-37)27(38)32-9-12-36(28)2/h3,6,14-17,19-20,23,26,34-35H,4-5,7-13H2,1-2H3,(H,32,38)/t17-,19?,20?,23?,26?/m1/s1. The number of fused-ring (bicyclic) bond motifs is 1. The number of rotatable bonds is 5. The van der Waals surface area contributed by atoms with E-state index in [-0.39, 0.29) is 29.7 Å². The Balaban J connectivity index is 1.09. The minimum absolute atomic E-state index is 0.119. The zero-order valence-electron chi connectivity index (χ0n) is 22.5. The van der Waals surface area contributed by atoms with Crippen LogP contribution in [0.5, 0.6) is 0 Å². The number of carbonyl (C=O) groups is 1. The summed E-state index contributed by atoms with van der Waals surface area (Å²) < 4.78 is 6.49. The highest BCUT2D eigenvalue weighted by molar-refractivity contribution is 6.35. The van der Waals surface area contributed by atoms with Crippen molar-refractivity contribution >= 4 is 34.9 Å². The first-order valence-electron chi connectivity index (χ1n) is 14.0. The SMILES string of the molecule is C[C@@H](OC1CCC2NNC(c3ccc(N4CCC5(CC4)C(=O)NCCN5C)nc3)C2C1)c1c(Cl)cncc1Cl. The summed E-state index contributed by atoms with van der Waals surface area (Å²) in [5, 5.41) is 4.14. The van der Waals surface area contributed by atoms with Crippen LogP contribution >= 0.6 is 23.2 Å². The van der Waals surface area contributed by atoms with E-state index in [1.54, 1.807) is 12.4 Å². The second kappa shape index (κ2) is 11.1. The van der Waals surface area contributed by atoms with Crippen LogP contribution in [-0.2, 0) is 9.53 Å². The summed E-state index contributed by atoms with van der Waals surface area (Å²) in [6.45, 7) is 5.28. The Kier molecular flexibility index (Phi) is 7.74. The van der Waals surface area contributed by atoms with Crippen molar-refractivity contribution in [2.45, 2.75) is 68.9 Å². The minimum atomic E-state index is -0.381. The monoisotopic (exact) mass is 573 g/mol. The summed E-state index contributed by atoms with van der Waals surface area (Å²) in [5.41, 5.74) is 8.63. The number of anilines is 1. The third kappa shape index (κ3) is 5.13. The fraction of sp³-hybridized carbons (Fsp3) is 0.607. The molecule has 1 spiro atoms. The van der Waals surface area contributed by atoms with Gasteiger partial charge in [-0.25, -0.2) is 10.4 Å². The predicted octanol–water partition coefficient (Wildman–Crippen LogP) is 3.65. The van der Waals surface area contributed by atoms with Crippen LogP contribution in [0.15, 0.2) is 30.7 Å². The van der Waals surface area contributed by atoms with Crippen molar-refractivity contribution in [3.8, 4) is 0 Å². The highest BCUT2D eigenvalue weighted by atomic mass is 35.5. The van der Waals surface area contributed by atoms with E-state index in [1.807, 2.05) is 13.1 Å². The lowest BCUT2D eigenvalue weighted by molar-refractivity contribution is -0.137. The zero-order chi connectivity index (χ0) is 27.1. The summed E-state index contributed by atoms with van der Waals surface area (Å²) in [4.78, 5) is 26.1. The number of hydrogen-bond acceptors (Lipinski definition) is 8. The van der Waals surface area contributed by atoms with Gasteiger partial charge in [0.15, 0.2) is 0 Å². The lowest BCUT2D eigenvalue weighted by atomic mass is 9.78. The Labute approximate surface area is 239 Å². The van der Waals surface area contributed by atoms with E-state index in [0.29, 0.717) is 22.0 Å². The van der Waals surface area contributed by atoms with Crippen molar-refractivity contribution in [2.75, 3.05) is 38.1 Å². The molecule has 210 valence electrons. The summed E-state index contributed by atoms with van der Waals surface area (Å²) in [6.07, 6.45) is 9.72. The highest BCUT2D eigenvalue weighted by Gasteiger charge is 2.47. The molecule has 1 saturated carbocycles. The number of likely N-dealkylation sites (N-methyl/N-ethyl adjacent to an activating group) is 1. The Morgan fingerprint density at radius 3 is 2.54 bits per heavy atom. The van der Waals surface area contributed by atoms with Gasteiger partial charge in [0.25, 0.3) is 0 Å². The molecule has 11 heteroatoms. The summed E-state index contributed by atoms with van der Waals surface area (Å²) in [7, 11) is 2.07. The normalized spacial score (nSPS) is 29.7. The molecule has 5 heterocycles. The van der Waals surface area contributed by atoms with Gasteiger partial charge < -0.3 is 15.0 Å². The molecular formula is C28H37Cl2N7O2. The molecule has 39 heavy (non-hydrogen) atoms. The average Bonchev–Trinajstić information content (AvgIpc) is 3.35. The van der Waals surface area contributed by atoms with Crippen molar-refractivity contribution in [2.24, 2.45) is 5.92 Å². The van der Waals surface area contributed by atoms with Crippen LogP contribution in [0.4, 0.5) is 5.82 Å². The lowest BCUT2D eigenvalue weighted by Gasteiger charge is -2.48. The number of amides is 1. The van der Waals surface area contributed by atoms with Crippen LogP contribution in [0.25, 0.3) is 0 Å². The Hall–Kier alpha value is -2.01. The van der Waals surface area contributed by atoms with E-state index < -0.39 is 0 Å². The molecule has 2 aromatic heterocycles. The average molecular weight is 575 g/mol. The topological polar surface area (TPSA) is 94.6 Å². The number of piperidine rings is 1. The molecule has 3 saturated heterocycles. The Morgan fingerprint density at radius 1 is 1.08 bits per heavy atom. The molecule has 4 fully saturated rings. The van der Waals surface area contributed by atoms with Crippen molar-refractivity contribution in [1.82, 2.24) is 31.0 Å². The van der Waals surface area contributed by atoms with Crippen molar-refractivity contribution in [3.63, 3.8) is 0 Å². The molecule has 4 unspecified atom stereocenters. The van der Waals surface area contributed by atoms with Crippen LogP contribution in [0.2, 0.25) is 10.0 Å². The quantitative estimate of drug-likeness (QED) is 0.499. The maximum atomic E-state index is 12.7. The van der Waals surface area contributed by atoms with Crippen molar-refractivity contribution in [3.05, 3.63) is 51.9 Å². The van der Waals surface area contributed by atoms with Crippen LogP contribution in [0.3, 0.4) is 0 Å². The van der Waals surface area contributed by atoms with Gasteiger partial charge in [0.1, 0.15) is 11.4 Å². The maximum Gasteiger partial charge on any atom is 0.240 e. The third-order valence-electron chi connectivity index (χ3n) is 9.33. The van der Waals surface area contributed by atoms with Gasteiger partial charge in [-0.2, -0.15) is 0 Å². The molecule has 0 bridgehead atoms. The molecule has 5 atom stereocenters. The summed E-state index contributed by atoms with van der Waals surface area (Å²) in [6, 6.07) is 4.88. The third-order valence-corrected chi connectivity index (χ3v) is 9.93. The lowest BCUT2D eigenvalue weighted by Crippen LogP contribution is -2.66. The smallest absolute Gasteiger partial charge is 0.240 e. The molecular weight excluding hydrogens is 537 g/mol. The fourth-order valence-corrected chi connectivity index (χ4v) is 7.68. The first-order chi connectivity index (χ1) is 18.9. The maximum absolute atomic E-state index is 12.7. The van der Waals surface area contributed by atoms with Gasteiger partial charge in [0.05, 0.1) is 28.3 Å². The molecule has 0 radical (unpaired) electrons. The number of aromatic nitrogens is 2. The van der Waals surface area contributed by atoms with E-state index in [0.717, 1.165) is 69.7 Å². The molecule has 3 N–H and O–H groups in total. The predicted molar refractivity (Wildman–Crippen MR) is 152 cm³/mol. The number of piperazine rings is 1. The van der Waals surface area contributed by atoms with Gasteiger partial charge in [-0.1, -0.05) is 29.3 Å². The van der Waals surface area contributed by atoms with Gasteiger partial charge in [0, 0.05) is 56.4 Å². The van der Waals surface area contributed by atoms with E-state index in [1.165, 1.54) is 5.56 Å². The number of nitrogens with one attached hydrogen (secondary N) is 3. The molecule has 3 aliphatic heterocycles. The van der Waals surface area contributed by atoms with Gasteiger partial charge >= 0.3 is 0 Å². The minimum Gasteiger partial charge on any atom is -0.370 e. The first-order valence-corrected chi connectivity index (χ1v) is 14.8. The van der Waals surface area contributed by atoms with Crippen LogP contribution in [-0.4, -0.2) is 71.7 Å². The number of hydrazine groups is 1.